The summed E-state index contributed by atoms with van der Waals surface area (Å²) in [6.45, 7) is 1.34. The molecule has 3 N–H and O–H groups in total. The minimum atomic E-state index is -3.78. The van der Waals surface area contributed by atoms with Crippen molar-refractivity contribution < 1.29 is 32.2 Å². The van der Waals surface area contributed by atoms with Crippen molar-refractivity contribution in [3.63, 3.8) is 0 Å². The molecular weight excluding hydrogens is 388 g/mol. The third-order valence-corrected chi connectivity index (χ3v) is 4.96. The molecule has 0 aromatic heterocycles. The Hall–Kier alpha value is -3.11. The van der Waals surface area contributed by atoms with Crippen LogP contribution in [0.3, 0.4) is 0 Å². The molecule has 1 aliphatic heterocycles. The van der Waals surface area contributed by atoms with Crippen molar-refractivity contribution in [1.82, 2.24) is 5.32 Å². The molecule has 1 atom stereocenters. The molecule has 1 heterocycles. The van der Waals surface area contributed by atoms with E-state index in [4.69, 9.17) is 19.3 Å². The molecule has 0 radical (unpaired) electrons. The van der Waals surface area contributed by atoms with Gasteiger partial charge in [-0.05, 0) is 42.8 Å². The molecule has 10 heteroatoms. The Morgan fingerprint density at radius 3 is 2.50 bits per heavy atom. The van der Waals surface area contributed by atoms with Gasteiger partial charge in [0.25, 0.3) is 5.91 Å². The van der Waals surface area contributed by atoms with E-state index in [1.54, 1.807) is 25.1 Å². The summed E-state index contributed by atoms with van der Waals surface area (Å²) in [6.07, 6.45) is 0. The fraction of sp³-hybridized carbons (Fsp3) is 0.222. The zero-order valence-electron chi connectivity index (χ0n) is 14.9. The molecule has 148 valence electrons. The second-order valence-electron chi connectivity index (χ2n) is 6.05. The second-order valence-corrected chi connectivity index (χ2v) is 7.61. The van der Waals surface area contributed by atoms with E-state index in [0.29, 0.717) is 17.1 Å². The summed E-state index contributed by atoms with van der Waals surface area (Å²) in [5, 5.41) is 7.71. The molecule has 0 saturated heterocycles. The Balaban J connectivity index is 1.53. The van der Waals surface area contributed by atoms with Gasteiger partial charge in [0.05, 0.1) is 16.5 Å². The third-order valence-electron chi connectivity index (χ3n) is 4.03. The first-order valence-corrected chi connectivity index (χ1v) is 9.77. The van der Waals surface area contributed by atoms with Gasteiger partial charge in [0.1, 0.15) is 0 Å². The molecule has 0 unspecified atom stereocenters. The predicted molar refractivity (Wildman–Crippen MR) is 97.2 cm³/mol. The molecule has 9 nitrogen and oxygen atoms in total. The molecule has 1 amide bonds. The number of benzene rings is 2. The van der Waals surface area contributed by atoms with Crippen LogP contribution in [-0.4, -0.2) is 33.7 Å². The Labute approximate surface area is 161 Å². The first kappa shape index (κ1) is 19.6. The number of sulfonamides is 1. The van der Waals surface area contributed by atoms with Gasteiger partial charge in [-0.2, -0.15) is 0 Å². The number of nitrogens with two attached hydrogens (primary N) is 1. The first-order valence-electron chi connectivity index (χ1n) is 8.23. The molecule has 0 bridgehead atoms. The van der Waals surface area contributed by atoms with E-state index < -0.39 is 34.5 Å². The third kappa shape index (κ3) is 4.59. The number of hydrogen-bond donors (Lipinski definition) is 2. The van der Waals surface area contributed by atoms with Crippen molar-refractivity contribution >= 4 is 21.9 Å². The maximum absolute atomic E-state index is 12.1. The minimum Gasteiger partial charge on any atom is -0.454 e. The normalized spacial score (nSPS) is 13.6. The molecule has 28 heavy (non-hydrogen) atoms. The highest BCUT2D eigenvalue weighted by molar-refractivity contribution is 7.89. The average molecular weight is 406 g/mol. The summed E-state index contributed by atoms with van der Waals surface area (Å²) >= 11 is 0. The van der Waals surface area contributed by atoms with Crippen LogP contribution in [0.15, 0.2) is 47.4 Å². The number of fused-ring (bicyclic) bond motifs is 1. The van der Waals surface area contributed by atoms with E-state index in [-0.39, 0.29) is 17.3 Å². The molecule has 3 rings (SSSR count). The summed E-state index contributed by atoms with van der Waals surface area (Å²) in [4.78, 5) is 24.1. The van der Waals surface area contributed by atoms with Crippen molar-refractivity contribution in [2.24, 2.45) is 5.14 Å². The standard InChI is InChI=1S/C18H18N2O7S/c1-11(12-2-5-14(6-3-12)28(19,23)24)20-17(21)9-25-18(22)13-4-7-15-16(8-13)27-10-26-15/h2-8,11H,9-10H2,1H3,(H,20,21)(H2,19,23,24)/t11-/m1/s1. The van der Waals surface area contributed by atoms with Crippen LogP contribution in [0.1, 0.15) is 28.9 Å². The van der Waals surface area contributed by atoms with Gasteiger partial charge in [-0.25, -0.2) is 18.4 Å². The highest BCUT2D eigenvalue weighted by Gasteiger charge is 2.18. The number of primary sulfonamides is 1. The van der Waals surface area contributed by atoms with E-state index in [0.717, 1.165) is 0 Å². The summed E-state index contributed by atoms with van der Waals surface area (Å²) in [5.74, 6) is -0.192. The number of rotatable bonds is 6. The van der Waals surface area contributed by atoms with Crippen LogP contribution in [0.4, 0.5) is 0 Å². The lowest BCUT2D eigenvalue weighted by Crippen LogP contribution is -2.31. The molecule has 0 spiro atoms. The lowest BCUT2D eigenvalue weighted by molar-refractivity contribution is -0.124. The van der Waals surface area contributed by atoms with Crippen molar-refractivity contribution in [1.29, 1.82) is 0 Å². The molecular formula is C18H18N2O7S. The van der Waals surface area contributed by atoms with E-state index in [2.05, 4.69) is 5.32 Å². The quantitative estimate of drug-likeness (QED) is 0.686. The minimum absolute atomic E-state index is 0.0209. The smallest absolute Gasteiger partial charge is 0.338 e. The molecule has 0 aliphatic carbocycles. The molecule has 1 aliphatic rings. The van der Waals surface area contributed by atoms with Crippen LogP contribution in [0.5, 0.6) is 11.5 Å². The van der Waals surface area contributed by atoms with Gasteiger partial charge in [-0.15, -0.1) is 0 Å². The van der Waals surface area contributed by atoms with Crippen molar-refractivity contribution in [3.05, 3.63) is 53.6 Å². The number of amides is 1. The Morgan fingerprint density at radius 1 is 1.14 bits per heavy atom. The fourth-order valence-electron chi connectivity index (χ4n) is 2.55. The highest BCUT2D eigenvalue weighted by Crippen LogP contribution is 2.32. The number of carbonyl (C=O) groups excluding carboxylic acids is 2. The number of hydrogen-bond acceptors (Lipinski definition) is 7. The maximum Gasteiger partial charge on any atom is 0.338 e. The lowest BCUT2D eigenvalue weighted by atomic mass is 10.1. The molecule has 2 aromatic rings. The van der Waals surface area contributed by atoms with Gasteiger partial charge in [-0.3, -0.25) is 4.79 Å². The Bertz CT molecular complexity index is 1000. The fourth-order valence-corrected chi connectivity index (χ4v) is 3.07. The monoisotopic (exact) mass is 406 g/mol. The summed E-state index contributed by atoms with van der Waals surface area (Å²) in [5.41, 5.74) is 0.909. The zero-order valence-corrected chi connectivity index (χ0v) is 15.7. The average Bonchev–Trinajstić information content (AvgIpc) is 3.13. The van der Waals surface area contributed by atoms with E-state index in [1.807, 2.05) is 0 Å². The Morgan fingerprint density at radius 2 is 1.82 bits per heavy atom. The van der Waals surface area contributed by atoms with E-state index >= 15 is 0 Å². The predicted octanol–water partition coefficient (Wildman–Crippen LogP) is 1.10. The zero-order chi connectivity index (χ0) is 20.3. The summed E-state index contributed by atoms with van der Waals surface area (Å²) < 4.78 is 37.9. The van der Waals surface area contributed by atoms with E-state index in [1.165, 1.54) is 24.3 Å². The first-order chi connectivity index (χ1) is 13.2. The maximum atomic E-state index is 12.1. The van der Waals surface area contributed by atoms with E-state index in [9.17, 15) is 18.0 Å². The van der Waals surface area contributed by atoms with Gasteiger partial charge in [0, 0.05) is 0 Å². The molecule has 2 aromatic carbocycles. The number of ether oxygens (including phenoxy) is 3. The van der Waals surface area contributed by atoms with Crippen molar-refractivity contribution in [2.45, 2.75) is 17.9 Å². The van der Waals surface area contributed by atoms with Crippen LogP contribution in [0.25, 0.3) is 0 Å². The van der Waals surface area contributed by atoms with Crippen LogP contribution in [-0.2, 0) is 19.6 Å². The number of nitrogens with one attached hydrogen (secondary N) is 1. The van der Waals surface area contributed by atoms with Gasteiger partial charge in [-0.1, -0.05) is 12.1 Å². The van der Waals surface area contributed by atoms with Crippen LogP contribution >= 0.6 is 0 Å². The number of esters is 1. The topological polar surface area (TPSA) is 134 Å². The second kappa shape index (κ2) is 7.87. The van der Waals surface area contributed by atoms with Gasteiger partial charge >= 0.3 is 5.97 Å². The van der Waals surface area contributed by atoms with Crippen LogP contribution < -0.4 is 19.9 Å². The number of carbonyl (C=O) groups is 2. The lowest BCUT2D eigenvalue weighted by Gasteiger charge is -2.15. The SMILES string of the molecule is C[C@@H](NC(=O)COC(=O)c1ccc2c(c1)OCO2)c1ccc(S(N)(=O)=O)cc1. The highest BCUT2D eigenvalue weighted by atomic mass is 32.2. The van der Waals surface area contributed by atoms with Crippen LogP contribution in [0, 0.1) is 0 Å². The Kier molecular flexibility index (Phi) is 5.52. The van der Waals surface area contributed by atoms with Crippen LogP contribution in [0.2, 0.25) is 0 Å². The van der Waals surface area contributed by atoms with Crippen molar-refractivity contribution in [2.75, 3.05) is 13.4 Å². The molecule has 0 fully saturated rings. The van der Waals surface area contributed by atoms with Gasteiger partial charge in [0.15, 0.2) is 18.1 Å². The largest absolute Gasteiger partial charge is 0.454 e. The molecule has 0 saturated carbocycles. The summed E-state index contributed by atoms with van der Waals surface area (Å²) in [7, 11) is -3.78. The summed E-state index contributed by atoms with van der Waals surface area (Å²) in [6, 6.07) is 9.96. The van der Waals surface area contributed by atoms with Gasteiger partial charge < -0.3 is 19.5 Å². The van der Waals surface area contributed by atoms with Gasteiger partial charge in [0.2, 0.25) is 16.8 Å². The van der Waals surface area contributed by atoms with Crippen molar-refractivity contribution in [3.8, 4) is 11.5 Å².